The zero-order valence-corrected chi connectivity index (χ0v) is 8.26. The summed E-state index contributed by atoms with van der Waals surface area (Å²) >= 11 is 0. The second-order valence-corrected chi connectivity index (χ2v) is 3.25. The highest BCUT2D eigenvalue weighted by Gasteiger charge is 2.12. The van der Waals surface area contributed by atoms with Gasteiger partial charge in [-0.05, 0) is 12.5 Å². The third-order valence-corrected chi connectivity index (χ3v) is 2.08. The standard InChI is InChI=1S/C11H16O3/c1-9(11(13)7-12)14-8-10-5-3-2-4-6-10/h2-6,9,11-13H,7-8H2,1H3/t9-,11-/m0/s1. The largest absolute Gasteiger partial charge is 0.394 e. The van der Waals surface area contributed by atoms with E-state index in [1.807, 2.05) is 30.3 Å². The van der Waals surface area contributed by atoms with E-state index in [2.05, 4.69) is 0 Å². The average molecular weight is 196 g/mol. The Labute approximate surface area is 84.0 Å². The van der Waals surface area contributed by atoms with Crippen molar-refractivity contribution in [1.29, 1.82) is 0 Å². The summed E-state index contributed by atoms with van der Waals surface area (Å²) in [6.45, 7) is 1.93. The molecule has 0 amide bonds. The van der Waals surface area contributed by atoms with Gasteiger partial charge < -0.3 is 14.9 Å². The van der Waals surface area contributed by atoms with Crippen LogP contribution in [0, 0.1) is 0 Å². The number of hydrogen-bond donors (Lipinski definition) is 2. The van der Waals surface area contributed by atoms with E-state index < -0.39 is 6.10 Å². The Morgan fingerprint density at radius 2 is 1.93 bits per heavy atom. The Kier molecular flexibility index (Phi) is 4.59. The molecule has 0 aliphatic heterocycles. The predicted molar refractivity (Wildman–Crippen MR) is 53.8 cm³/mol. The van der Waals surface area contributed by atoms with Gasteiger partial charge in [-0.1, -0.05) is 30.3 Å². The minimum Gasteiger partial charge on any atom is -0.394 e. The molecular formula is C11H16O3. The SMILES string of the molecule is C[C@H](OCc1ccccc1)[C@@H](O)CO. The van der Waals surface area contributed by atoms with Gasteiger partial charge in [-0.15, -0.1) is 0 Å². The summed E-state index contributed by atoms with van der Waals surface area (Å²) in [4.78, 5) is 0. The van der Waals surface area contributed by atoms with E-state index >= 15 is 0 Å². The number of ether oxygens (including phenoxy) is 1. The number of aliphatic hydroxyl groups excluding tert-OH is 2. The molecule has 14 heavy (non-hydrogen) atoms. The first-order chi connectivity index (χ1) is 6.74. The number of hydrogen-bond acceptors (Lipinski definition) is 3. The molecule has 1 aromatic rings. The molecule has 2 atom stereocenters. The molecule has 0 unspecified atom stereocenters. The Morgan fingerprint density at radius 1 is 1.29 bits per heavy atom. The van der Waals surface area contributed by atoms with Gasteiger partial charge in [0.25, 0.3) is 0 Å². The first-order valence-corrected chi connectivity index (χ1v) is 4.68. The molecule has 0 saturated carbocycles. The van der Waals surface area contributed by atoms with Crippen molar-refractivity contribution < 1.29 is 14.9 Å². The van der Waals surface area contributed by atoms with Crippen LogP contribution in [0.2, 0.25) is 0 Å². The van der Waals surface area contributed by atoms with E-state index in [9.17, 15) is 5.11 Å². The summed E-state index contributed by atoms with van der Waals surface area (Å²) < 4.78 is 5.37. The Hall–Kier alpha value is -0.900. The maximum absolute atomic E-state index is 9.23. The molecule has 78 valence electrons. The Balaban J connectivity index is 2.34. The van der Waals surface area contributed by atoms with E-state index in [1.54, 1.807) is 6.92 Å². The predicted octanol–water partition coefficient (Wildman–Crippen LogP) is 0.945. The van der Waals surface area contributed by atoms with Gasteiger partial charge in [0.05, 0.1) is 19.3 Å². The number of rotatable bonds is 5. The van der Waals surface area contributed by atoms with Gasteiger partial charge in [-0.3, -0.25) is 0 Å². The van der Waals surface area contributed by atoms with Crippen LogP contribution in [0.5, 0.6) is 0 Å². The molecule has 2 N–H and O–H groups in total. The summed E-state index contributed by atoms with van der Waals surface area (Å²) in [7, 11) is 0. The summed E-state index contributed by atoms with van der Waals surface area (Å²) in [6.07, 6.45) is -1.15. The second-order valence-electron chi connectivity index (χ2n) is 3.25. The van der Waals surface area contributed by atoms with Gasteiger partial charge in [0.1, 0.15) is 6.10 Å². The summed E-state index contributed by atoms with van der Waals surface area (Å²) in [5.74, 6) is 0. The van der Waals surface area contributed by atoms with E-state index in [-0.39, 0.29) is 12.7 Å². The van der Waals surface area contributed by atoms with Crippen molar-refractivity contribution in [3.05, 3.63) is 35.9 Å². The molecule has 0 bridgehead atoms. The molecule has 0 radical (unpaired) electrons. The second kappa shape index (κ2) is 5.75. The summed E-state index contributed by atoms with van der Waals surface area (Å²) in [6, 6.07) is 9.73. The van der Waals surface area contributed by atoms with Crippen molar-refractivity contribution in [3.8, 4) is 0 Å². The first kappa shape index (κ1) is 11.2. The number of benzene rings is 1. The fraction of sp³-hybridized carbons (Fsp3) is 0.455. The van der Waals surface area contributed by atoms with Crippen LogP contribution in [0.15, 0.2) is 30.3 Å². The molecule has 0 aliphatic carbocycles. The van der Waals surface area contributed by atoms with Crippen molar-refractivity contribution in [2.75, 3.05) is 6.61 Å². The lowest BCUT2D eigenvalue weighted by Crippen LogP contribution is -2.29. The van der Waals surface area contributed by atoms with Crippen LogP contribution >= 0.6 is 0 Å². The van der Waals surface area contributed by atoms with Crippen molar-refractivity contribution in [3.63, 3.8) is 0 Å². The molecular weight excluding hydrogens is 180 g/mol. The minimum absolute atomic E-state index is 0.268. The molecule has 0 heterocycles. The lowest BCUT2D eigenvalue weighted by atomic mass is 10.2. The average Bonchev–Trinajstić information content (AvgIpc) is 2.26. The van der Waals surface area contributed by atoms with Crippen LogP contribution < -0.4 is 0 Å². The van der Waals surface area contributed by atoms with Crippen LogP contribution in [-0.4, -0.2) is 29.0 Å². The third kappa shape index (κ3) is 3.46. The van der Waals surface area contributed by atoms with E-state index in [1.165, 1.54) is 0 Å². The summed E-state index contributed by atoms with van der Waals surface area (Å²) in [5, 5.41) is 17.9. The normalized spacial score (nSPS) is 15.1. The minimum atomic E-state index is -0.807. The fourth-order valence-corrected chi connectivity index (χ4v) is 1.06. The fourth-order valence-electron chi connectivity index (χ4n) is 1.06. The quantitative estimate of drug-likeness (QED) is 0.737. The zero-order chi connectivity index (χ0) is 10.4. The topological polar surface area (TPSA) is 49.7 Å². The van der Waals surface area contributed by atoms with Crippen molar-refractivity contribution in [2.45, 2.75) is 25.7 Å². The van der Waals surface area contributed by atoms with E-state index in [0.29, 0.717) is 6.61 Å². The molecule has 1 aromatic carbocycles. The molecule has 0 aliphatic rings. The monoisotopic (exact) mass is 196 g/mol. The number of aliphatic hydroxyl groups is 2. The molecule has 3 heteroatoms. The Bertz CT molecular complexity index is 248. The van der Waals surface area contributed by atoms with Crippen LogP contribution in [-0.2, 0) is 11.3 Å². The first-order valence-electron chi connectivity index (χ1n) is 4.68. The van der Waals surface area contributed by atoms with E-state index in [4.69, 9.17) is 9.84 Å². The lowest BCUT2D eigenvalue weighted by Gasteiger charge is -2.17. The van der Waals surface area contributed by atoms with Crippen LogP contribution in [0.4, 0.5) is 0 Å². The van der Waals surface area contributed by atoms with Crippen molar-refractivity contribution in [2.24, 2.45) is 0 Å². The smallest absolute Gasteiger partial charge is 0.103 e. The maximum atomic E-state index is 9.23. The van der Waals surface area contributed by atoms with Crippen LogP contribution in [0.3, 0.4) is 0 Å². The molecule has 3 nitrogen and oxygen atoms in total. The third-order valence-electron chi connectivity index (χ3n) is 2.08. The zero-order valence-electron chi connectivity index (χ0n) is 8.26. The summed E-state index contributed by atoms with van der Waals surface area (Å²) in [5.41, 5.74) is 1.06. The van der Waals surface area contributed by atoms with Gasteiger partial charge in [0.15, 0.2) is 0 Å². The lowest BCUT2D eigenvalue weighted by molar-refractivity contribution is -0.0551. The molecule has 0 saturated heterocycles. The van der Waals surface area contributed by atoms with Crippen molar-refractivity contribution >= 4 is 0 Å². The highest BCUT2D eigenvalue weighted by molar-refractivity contribution is 5.13. The highest BCUT2D eigenvalue weighted by atomic mass is 16.5. The highest BCUT2D eigenvalue weighted by Crippen LogP contribution is 2.05. The van der Waals surface area contributed by atoms with Gasteiger partial charge in [0, 0.05) is 0 Å². The molecule has 1 rings (SSSR count). The van der Waals surface area contributed by atoms with Crippen LogP contribution in [0.25, 0.3) is 0 Å². The van der Waals surface area contributed by atoms with Gasteiger partial charge in [0.2, 0.25) is 0 Å². The molecule has 0 spiro atoms. The van der Waals surface area contributed by atoms with E-state index in [0.717, 1.165) is 5.56 Å². The molecule has 0 aromatic heterocycles. The van der Waals surface area contributed by atoms with Gasteiger partial charge >= 0.3 is 0 Å². The Morgan fingerprint density at radius 3 is 2.50 bits per heavy atom. The van der Waals surface area contributed by atoms with Crippen molar-refractivity contribution in [1.82, 2.24) is 0 Å². The van der Waals surface area contributed by atoms with Gasteiger partial charge in [-0.25, -0.2) is 0 Å². The molecule has 0 fully saturated rings. The maximum Gasteiger partial charge on any atom is 0.103 e. The van der Waals surface area contributed by atoms with Gasteiger partial charge in [-0.2, -0.15) is 0 Å². The van der Waals surface area contributed by atoms with Crippen LogP contribution in [0.1, 0.15) is 12.5 Å².